The number of aryl methyl sites for hydroxylation is 1. The third-order valence-corrected chi connectivity index (χ3v) is 5.69. The molecule has 2 aromatic heterocycles. The van der Waals surface area contributed by atoms with Crippen LogP contribution in [-0.2, 0) is 10.0 Å². The number of nitriles is 1. The fourth-order valence-corrected chi connectivity index (χ4v) is 3.89. The molecule has 0 aliphatic carbocycles. The largest absolute Gasteiger partial charge is 0.439 e. The van der Waals surface area contributed by atoms with Gasteiger partial charge in [-0.3, -0.25) is 4.72 Å². The van der Waals surface area contributed by atoms with E-state index in [9.17, 15) is 8.42 Å². The molecule has 0 aliphatic heterocycles. The Balaban J connectivity index is 1.49. The van der Waals surface area contributed by atoms with Crippen molar-refractivity contribution in [3.63, 3.8) is 0 Å². The molecule has 0 aliphatic rings. The van der Waals surface area contributed by atoms with E-state index in [1.54, 1.807) is 37.3 Å². The topological polar surface area (TPSA) is 110 Å². The molecular weight excluding hydrogens is 414 g/mol. The highest BCUT2D eigenvalue weighted by Gasteiger charge is 2.14. The summed E-state index contributed by atoms with van der Waals surface area (Å²) in [7, 11) is -3.77. The van der Waals surface area contributed by atoms with Crippen LogP contribution in [0.4, 0.5) is 5.69 Å². The van der Waals surface area contributed by atoms with E-state index in [0.717, 1.165) is 0 Å². The summed E-state index contributed by atoms with van der Waals surface area (Å²) in [4.78, 5) is 8.75. The lowest BCUT2D eigenvalue weighted by atomic mass is 10.2. The predicted octanol–water partition coefficient (Wildman–Crippen LogP) is 4.04. The van der Waals surface area contributed by atoms with Gasteiger partial charge >= 0.3 is 0 Å². The van der Waals surface area contributed by atoms with Gasteiger partial charge in [-0.05, 0) is 67.6 Å². The van der Waals surface area contributed by atoms with Gasteiger partial charge in [0.25, 0.3) is 10.0 Å². The molecule has 4 rings (SSSR count). The van der Waals surface area contributed by atoms with E-state index in [4.69, 9.17) is 10.00 Å². The van der Waals surface area contributed by atoms with Gasteiger partial charge < -0.3 is 9.30 Å². The summed E-state index contributed by atoms with van der Waals surface area (Å²) in [5.74, 6) is 2.12. The Morgan fingerprint density at radius 3 is 2.32 bits per heavy atom. The van der Waals surface area contributed by atoms with Crippen LogP contribution in [0.15, 0.2) is 84.0 Å². The van der Waals surface area contributed by atoms with E-state index < -0.39 is 10.0 Å². The van der Waals surface area contributed by atoms with Crippen LogP contribution >= 0.6 is 0 Å². The Labute approximate surface area is 179 Å². The summed E-state index contributed by atoms with van der Waals surface area (Å²) in [5.41, 5.74) is 0.768. The molecule has 4 aromatic rings. The van der Waals surface area contributed by atoms with Gasteiger partial charge in [0.1, 0.15) is 17.4 Å². The molecule has 0 radical (unpaired) electrons. The second kappa shape index (κ2) is 8.30. The highest BCUT2D eigenvalue weighted by atomic mass is 32.2. The van der Waals surface area contributed by atoms with Crippen LogP contribution < -0.4 is 9.46 Å². The molecule has 0 saturated carbocycles. The molecule has 8 nitrogen and oxygen atoms in total. The highest BCUT2D eigenvalue weighted by Crippen LogP contribution is 2.24. The molecule has 0 amide bonds. The fourth-order valence-electron chi connectivity index (χ4n) is 2.83. The maximum Gasteiger partial charge on any atom is 0.261 e. The lowest BCUT2D eigenvalue weighted by molar-refractivity contribution is 0.459. The quantitative estimate of drug-likeness (QED) is 0.493. The maximum absolute atomic E-state index is 12.5. The number of benzene rings is 2. The lowest BCUT2D eigenvalue weighted by Crippen LogP contribution is -2.12. The van der Waals surface area contributed by atoms with Crippen molar-refractivity contribution in [1.82, 2.24) is 14.5 Å². The first kappa shape index (κ1) is 20.1. The van der Waals surface area contributed by atoms with Gasteiger partial charge in [-0.1, -0.05) is 0 Å². The number of hydrogen-bond donors (Lipinski definition) is 1. The first-order valence-electron chi connectivity index (χ1n) is 9.23. The van der Waals surface area contributed by atoms with E-state index >= 15 is 0 Å². The molecule has 2 aromatic carbocycles. The monoisotopic (exact) mass is 431 g/mol. The van der Waals surface area contributed by atoms with Crippen LogP contribution in [0.2, 0.25) is 0 Å². The fraction of sp³-hybridized carbons (Fsp3) is 0.0455. The van der Waals surface area contributed by atoms with Crippen molar-refractivity contribution in [3.05, 3.63) is 90.5 Å². The molecule has 2 heterocycles. The van der Waals surface area contributed by atoms with Crippen LogP contribution in [0.25, 0.3) is 5.82 Å². The Hall–Kier alpha value is -4.16. The van der Waals surface area contributed by atoms with Crippen molar-refractivity contribution in [2.24, 2.45) is 0 Å². The van der Waals surface area contributed by atoms with E-state index in [2.05, 4.69) is 14.7 Å². The summed E-state index contributed by atoms with van der Waals surface area (Å²) in [6, 6.07) is 19.6. The number of anilines is 1. The van der Waals surface area contributed by atoms with E-state index in [-0.39, 0.29) is 4.90 Å². The molecule has 0 atom stereocenters. The Morgan fingerprint density at radius 2 is 1.68 bits per heavy atom. The average Bonchev–Trinajstić information content (AvgIpc) is 3.30. The third-order valence-electron chi connectivity index (χ3n) is 4.29. The molecule has 0 saturated heterocycles. The van der Waals surface area contributed by atoms with Crippen LogP contribution in [0, 0.1) is 18.3 Å². The molecular formula is C22H17N5O3S. The summed E-state index contributed by atoms with van der Waals surface area (Å²) >= 11 is 0. The number of aromatic nitrogens is 3. The first-order valence-corrected chi connectivity index (χ1v) is 10.7. The van der Waals surface area contributed by atoms with Gasteiger partial charge in [0.15, 0.2) is 0 Å². The normalized spacial score (nSPS) is 11.0. The molecule has 31 heavy (non-hydrogen) atoms. The smallest absolute Gasteiger partial charge is 0.261 e. The minimum atomic E-state index is -3.77. The number of rotatable bonds is 6. The minimum absolute atomic E-state index is 0.0702. The molecule has 0 bridgehead atoms. The van der Waals surface area contributed by atoms with Crippen LogP contribution in [0.3, 0.4) is 0 Å². The Kier molecular flexibility index (Phi) is 5.39. The highest BCUT2D eigenvalue weighted by molar-refractivity contribution is 7.92. The zero-order chi connectivity index (χ0) is 21.8. The average molecular weight is 431 g/mol. The second-order valence-electron chi connectivity index (χ2n) is 6.57. The molecule has 0 fully saturated rings. The Morgan fingerprint density at radius 1 is 1.00 bits per heavy atom. The summed E-state index contributed by atoms with van der Waals surface area (Å²) < 4.78 is 35.2. The van der Waals surface area contributed by atoms with Gasteiger partial charge in [-0.25, -0.2) is 13.4 Å². The summed E-state index contributed by atoms with van der Waals surface area (Å²) in [6.07, 6.45) is 3.75. The molecule has 0 unspecified atom stereocenters. The first-order chi connectivity index (χ1) is 14.9. The predicted molar refractivity (Wildman–Crippen MR) is 115 cm³/mol. The number of nitrogens with one attached hydrogen (secondary N) is 1. The van der Waals surface area contributed by atoms with Gasteiger partial charge in [0.2, 0.25) is 5.88 Å². The van der Waals surface area contributed by atoms with Crippen molar-refractivity contribution in [2.45, 2.75) is 11.8 Å². The molecule has 154 valence electrons. The van der Waals surface area contributed by atoms with Gasteiger partial charge in [-0.2, -0.15) is 10.2 Å². The minimum Gasteiger partial charge on any atom is -0.439 e. The zero-order valence-electron chi connectivity index (χ0n) is 16.4. The SMILES string of the molecule is Cc1nc(Oc2ccc(NS(=O)(=O)c3ccc(C#N)cc3)cc2)cc(-n2cccc2)n1. The number of hydrogen-bond acceptors (Lipinski definition) is 6. The standard InChI is InChI=1S/C22H17N5O3S/c1-16-24-21(27-12-2-3-13-27)14-22(25-16)30-19-8-6-18(7-9-19)26-31(28,29)20-10-4-17(15-23)5-11-20/h2-14,26H,1H3. The number of nitrogens with zero attached hydrogens (tertiary/aromatic N) is 4. The van der Waals surface area contributed by atoms with Gasteiger partial charge in [0, 0.05) is 24.1 Å². The third kappa shape index (κ3) is 4.71. The lowest BCUT2D eigenvalue weighted by Gasteiger charge is -2.10. The summed E-state index contributed by atoms with van der Waals surface area (Å²) in [6.45, 7) is 1.78. The van der Waals surface area contributed by atoms with Crippen LogP contribution in [-0.4, -0.2) is 23.0 Å². The van der Waals surface area contributed by atoms with Gasteiger partial charge in [0.05, 0.1) is 16.5 Å². The number of ether oxygens (including phenoxy) is 1. The van der Waals surface area contributed by atoms with E-state index in [1.165, 1.54) is 24.3 Å². The van der Waals surface area contributed by atoms with Crippen LogP contribution in [0.5, 0.6) is 11.6 Å². The van der Waals surface area contributed by atoms with Crippen LogP contribution in [0.1, 0.15) is 11.4 Å². The van der Waals surface area contributed by atoms with Gasteiger partial charge in [-0.15, -0.1) is 0 Å². The van der Waals surface area contributed by atoms with E-state index in [0.29, 0.717) is 34.5 Å². The van der Waals surface area contributed by atoms with Crippen molar-refractivity contribution >= 4 is 15.7 Å². The second-order valence-corrected chi connectivity index (χ2v) is 8.25. The molecule has 0 spiro atoms. The Bertz CT molecular complexity index is 1340. The maximum atomic E-state index is 12.5. The summed E-state index contributed by atoms with van der Waals surface area (Å²) in [5, 5.41) is 8.84. The van der Waals surface area contributed by atoms with Crippen molar-refractivity contribution < 1.29 is 13.2 Å². The zero-order valence-corrected chi connectivity index (χ0v) is 17.2. The van der Waals surface area contributed by atoms with Crippen molar-refractivity contribution in [2.75, 3.05) is 4.72 Å². The van der Waals surface area contributed by atoms with Crippen molar-refractivity contribution in [3.8, 4) is 23.5 Å². The van der Waals surface area contributed by atoms with E-state index in [1.807, 2.05) is 35.2 Å². The molecule has 9 heteroatoms. The molecule has 1 N–H and O–H groups in total. The van der Waals surface area contributed by atoms with Crippen molar-refractivity contribution in [1.29, 1.82) is 5.26 Å². The number of sulfonamides is 1.